The van der Waals surface area contributed by atoms with Crippen LogP contribution in [0.5, 0.6) is 0 Å². The van der Waals surface area contributed by atoms with Gasteiger partial charge in [0.15, 0.2) is 0 Å². The molecule has 0 atom stereocenters. The van der Waals surface area contributed by atoms with Crippen molar-refractivity contribution in [2.45, 2.75) is 0 Å². The van der Waals surface area contributed by atoms with E-state index >= 15 is 0 Å². The zero-order chi connectivity index (χ0) is 22.0. The summed E-state index contributed by atoms with van der Waals surface area (Å²) in [6.45, 7) is 0. The number of para-hydroxylation sites is 2. The molecule has 6 nitrogen and oxygen atoms in total. The van der Waals surface area contributed by atoms with Gasteiger partial charge in [0.2, 0.25) is 0 Å². The Morgan fingerprint density at radius 1 is 0.774 bits per heavy atom. The summed E-state index contributed by atoms with van der Waals surface area (Å²) in [4.78, 5) is 38.7. The van der Waals surface area contributed by atoms with Crippen molar-refractivity contribution in [3.8, 4) is 0 Å². The fraction of sp³-hybridized carbons (Fsp3) is 0. The molecule has 0 aromatic heterocycles. The van der Waals surface area contributed by atoms with E-state index in [1.165, 1.54) is 0 Å². The number of halogens is 2. The third-order valence-corrected chi connectivity index (χ3v) is 5.26. The van der Waals surface area contributed by atoms with Crippen LogP contribution in [-0.4, -0.2) is 17.7 Å². The molecule has 0 saturated heterocycles. The lowest BCUT2D eigenvalue weighted by atomic mass is 10.2. The first kappa shape index (κ1) is 20.7. The zero-order valence-electron chi connectivity index (χ0n) is 15.9. The number of nitrogens with zero attached hydrogens (tertiary/aromatic N) is 1. The van der Waals surface area contributed by atoms with Crippen molar-refractivity contribution in [2.24, 2.45) is 0 Å². The van der Waals surface area contributed by atoms with Gasteiger partial charge in [0.25, 0.3) is 17.7 Å². The van der Waals surface area contributed by atoms with Gasteiger partial charge in [0.05, 0.1) is 16.4 Å². The van der Waals surface area contributed by atoms with Crippen LogP contribution in [0.2, 0.25) is 5.02 Å². The van der Waals surface area contributed by atoms with Crippen LogP contribution < -0.4 is 15.5 Å². The highest BCUT2D eigenvalue weighted by atomic mass is 35.5. The molecule has 0 radical (unpaired) electrons. The topological polar surface area (TPSA) is 78.5 Å². The molecule has 3 amide bonds. The molecule has 0 bridgehead atoms. The van der Waals surface area contributed by atoms with E-state index in [9.17, 15) is 14.4 Å². The van der Waals surface area contributed by atoms with E-state index in [4.69, 9.17) is 23.2 Å². The molecule has 1 heterocycles. The van der Waals surface area contributed by atoms with E-state index in [1.807, 2.05) is 0 Å². The van der Waals surface area contributed by atoms with E-state index in [2.05, 4.69) is 10.6 Å². The summed E-state index contributed by atoms with van der Waals surface area (Å²) in [7, 11) is 0. The smallest absolute Gasteiger partial charge is 0.283 e. The van der Waals surface area contributed by atoms with Crippen LogP contribution in [0.3, 0.4) is 0 Å². The van der Waals surface area contributed by atoms with Crippen LogP contribution in [0.25, 0.3) is 0 Å². The number of carbonyl (C=O) groups excluding carboxylic acids is 3. The second kappa shape index (κ2) is 8.63. The number of benzene rings is 3. The Morgan fingerprint density at radius 3 is 2.10 bits per heavy atom. The van der Waals surface area contributed by atoms with Crippen LogP contribution in [0, 0.1) is 0 Å². The molecule has 1 aliphatic heterocycles. The molecule has 0 aliphatic carbocycles. The van der Waals surface area contributed by atoms with Crippen LogP contribution in [0.15, 0.2) is 89.6 Å². The lowest BCUT2D eigenvalue weighted by Crippen LogP contribution is -2.32. The van der Waals surface area contributed by atoms with Crippen molar-refractivity contribution < 1.29 is 14.4 Å². The summed E-state index contributed by atoms with van der Waals surface area (Å²) >= 11 is 12.2. The Kier molecular flexibility index (Phi) is 5.75. The molecule has 0 spiro atoms. The van der Waals surface area contributed by atoms with E-state index in [0.29, 0.717) is 27.6 Å². The van der Waals surface area contributed by atoms with Crippen molar-refractivity contribution >= 4 is 58.0 Å². The number of anilines is 3. The number of carbonyl (C=O) groups is 3. The predicted molar refractivity (Wildman–Crippen MR) is 121 cm³/mol. The molecule has 0 saturated carbocycles. The lowest BCUT2D eigenvalue weighted by Gasteiger charge is -2.15. The molecule has 3 aromatic rings. The molecule has 0 unspecified atom stereocenters. The zero-order valence-corrected chi connectivity index (χ0v) is 17.4. The first-order valence-electron chi connectivity index (χ1n) is 9.22. The summed E-state index contributed by atoms with van der Waals surface area (Å²) in [6.07, 6.45) is 0. The Morgan fingerprint density at radius 2 is 1.42 bits per heavy atom. The minimum absolute atomic E-state index is 0.0243. The first-order valence-corrected chi connectivity index (χ1v) is 9.98. The molecule has 8 heteroatoms. The maximum atomic E-state index is 12.8. The number of amides is 3. The second-order valence-corrected chi connectivity index (χ2v) is 7.39. The van der Waals surface area contributed by atoms with Crippen molar-refractivity contribution in [1.82, 2.24) is 0 Å². The minimum atomic E-state index is -0.601. The highest BCUT2D eigenvalue weighted by Crippen LogP contribution is 2.30. The summed E-state index contributed by atoms with van der Waals surface area (Å²) in [5.74, 6) is -1.49. The van der Waals surface area contributed by atoms with Crippen LogP contribution in [0.1, 0.15) is 10.4 Å². The average molecular weight is 452 g/mol. The lowest BCUT2D eigenvalue weighted by molar-refractivity contribution is -0.120. The van der Waals surface area contributed by atoms with Gasteiger partial charge in [0.1, 0.15) is 10.7 Å². The standard InChI is InChI=1S/C23H15Cl2N3O3/c24-17-8-4-5-9-18(17)27-21(29)14-10-12-15(13-11-14)26-20-19(25)22(30)28(23(20)31)16-6-2-1-3-7-16/h1-13,26H,(H,27,29). The van der Waals surface area contributed by atoms with Crippen LogP contribution >= 0.6 is 23.2 Å². The SMILES string of the molecule is O=C(Nc1ccccc1Cl)c1ccc(NC2=C(Cl)C(=O)N(c3ccccc3)C2=O)cc1. The molecular formula is C23H15Cl2N3O3. The van der Waals surface area contributed by atoms with E-state index in [1.54, 1.807) is 78.9 Å². The van der Waals surface area contributed by atoms with Crippen molar-refractivity contribution in [2.75, 3.05) is 15.5 Å². The van der Waals surface area contributed by atoms with Crippen molar-refractivity contribution in [3.63, 3.8) is 0 Å². The Bertz CT molecular complexity index is 1210. The van der Waals surface area contributed by atoms with Crippen LogP contribution in [0.4, 0.5) is 17.1 Å². The van der Waals surface area contributed by atoms with Gasteiger partial charge in [-0.25, -0.2) is 4.90 Å². The summed E-state index contributed by atoms with van der Waals surface area (Å²) in [5.41, 5.74) is 1.80. The predicted octanol–water partition coefficient (Wildman–Crippen LogP) is 5.03. The Balaban J connectivity index is 1.49. The van der Waals surface area contributed by atoms with Gasteiger partial charge in [-0.1, -0.05) is 53.5 Å². The summed E-state index contributed by atoms with van der Waals surface area (Å²) in [5, 5.41) is 5.85. The molecule has 3 aromatic carbocycles. The van der Waals surface area contributed by atoms with Gasteiger partial charge in [-0.3, -0.25) is 14.4 Å². The van der Waals surface area contributed by atoms with Crippen molar-refractivity contribution in [3.05, 3.63) is 100 Å². The monoisotopic (exact) mass is 451 g/mol. The fourth-order valence-electron chi connectivity index (χ4n) is 3.03. The van der Waals surface area contributed by atoms with E-state index in [0.717, 1.165) is 4.90 Å². The van der Waals surface area contributed by atoms with Crippen LogP contribution in [-0.2, 0) is 9.59 Å². The second-order valence-electron chi connectivity index (χ2n) is 6.61. The molecule has 4 rings (SSSR count). The van der Waals surface area contributed by atoms with Gasteiger partial charge >= 0.3 is 0 Å². The van der Waals surface area contributed by atoms with E-state index in [-0.39, 0.29) is 16.6 Å². The Labute approximate surface area is 188 Å². The highest BCUT2D eigenvalue weighted by molar-refractivity contribution is 6.53. The molecule has 0 fully saturated rings. The fourth-order valence-corrected chi connectivity index (χ4v) is 3.42. The van der Waals surface area contributed by atoms with E-state index < -0.39 is 11.8 Å². The quantitative estimate of drug-likeness (QED) is 0.533. The molecule has 2 N–H and O–H groups in total. The number of hydrogen-bond acceptors (Lipinski definition) is 4. The van der Waals surface area contributed by atoms with Gasteiger partial charge < -0.3 is 10.6 Å². The van der Waals surface area contributed by atoms with Gasteiger partial charge in [-0.15, -0.1) is 0 Å². The van der Waals surface area contributed by atoms with Crippen molar-refractivity contribution in [1.29, 1.82) is 0 Å². The minimum Gasteiger partial charge on any atom is -0.350 e. The number of nitrogens with one attached hydrogen (secondary N) is 2. The number of rotatable bonds is 5. The van der Waals surface area contributed by atoms with Gasteiger partial charge in [-0.05, 0) is 48.5 Å². The molecule has 154 valence electrons. The third kappa shape index (κ3) is 4.17. The summed E-state index contributed by atoms with van der Waals surface area (Å²) < 4.78 is 0. The molecule has 1 aliphatic rings. The Hall–Kier alpha value is -3.61. The van der Waals surface area contributed by atoms with Gasteiger partial charge in [-0.2, -0.15) is 0 Å². The highest BCUT2D eigenvalue weighted by Gasteiger charge is 2.38. The normalized spacial score (nSPS) is 13.5. The van der Waals surface area contributed by atoms with Gasteiger partial charge in [0, 0.05) is 11.3 Å². The maximum Gasteiger partial charge on any atom is 0.283 e. The molecular weight excluding hydrogens is 437 g/mol. The number of imide groups is 1. The summed E-state index contributed by atoms with van der Waals surface area (Å²) in [6, 6.07) is 21.8. The number of hydrogen-bond donors (Lipinski definition) is 2. The maximum absolute atomic E-state index is 12.8. The largest absolute Gasteiger partial charge is 0.350 e. The molecule has 31 heavy (non-hydrogen) atoms. The average Bonchev–Trinajstić information content (AvgIpc) is 2.99. The third-order valence-electron chi connectivity index (χ3n) is 4.58. The first-order chi connectivity index (χ1) is 15.0.